The van der Waals surface area contributed by atoms with Crippen molar-refractivity contribution in [3.05, 3.63) is 60.2 Å². The molecule has 0 saturated carbocycles. The van der Waals surface area contributed by atoms with Crippen LogP contribution in [0, 0.1) is 0 Å². The number of carbonyl (C=O) groups excluding carboxylic acids is 1. The highest BCUT2D eigenvalue weighted by Gasteiger charge is 2.15. The van der Waals surface area contributed by atoms with Crippen LogP contribution in [0.5, 0.6) is 5.75 Å². The molecule has 140 valence electrons. The lowest BCUT2D eigenvalue weighted by molar-refractivity contribution is 0.0947. The van der Waals surface area contributed by atoms with Gasteiger partial charge in [0.15, 0.2) is 0 Å². The van der Waals surface area contributed by atoms with Crippen LogP contribution in [0.15, 0.2) is 54.6 Å². The predicted octanol–water partition coefficient (Wildman–Crippen LogP) is 2.88. The predicted molar refractivity (Wildman–Crippen MR) is 107 cm³/mol. The molecule has 0 aliphatic carbocycles. The maximum atomic E-state index is 12.6. The second-order valence-corrected chi connectivity index (χ2v) is 6.65. The molecule has 0 bridgehead atoms. The Labute approximate surface area is 156 Å². The number of anilines is 1. The van der Waals surface area contributed by atoms with Crippen molar-refractivity contribution in [2.75, 3.05) is 45.7 Å². The Hall–Kier alpha value is -2.53. The van der Waals surface area contributed by atoms with Gasteiger partial charge in [0.2, 0.25) is 0 Å². The van der Waals surface area contributed by atoms with Gasteiger partial charge in [0.1, 0.15) is 12.4 Å². The molecule has 5 nitrogen and oxygen atoms in total. The molecule has 0 aromatic heterocycles. The van der Waals surface area contributed by atoms with Crippen molar-refractivity contribution in [2.45, 2.75) is 13.0 Å². The molecule has 0 radical (unpaired) electrons. The van der Waals surface area contributed by atoms with Crippen LogP contribution in [0.3, 0.4) is 0 Å². The number of nitrogens with one attached hydrogen (secondary N) is 1. The van der Waals surface area contributed by atoms with Crippen molar-refractivity contribution in [3.63, 3.8) is 0 Å². The normalized spacial score (nSPS) is 11.9. The Morgan fingerprint density at radius 3 is 2.38 bits per heavy atom. The standard InChI is InChI=1S/C21H29N3O2/c1-17(24(4)18-10-6-5-7-11-18)16-22-21(25)19-12-8-9-13-20(19)26-15-14-23(2)3/h5-13,17H,14-16H2,1-4H3,(H,22,25). The number of amides is 1. The molecule has 26 heavy (non-hydrogen) atoms. The van der Waals surface area contributed by atoms with Gasteiger partial charge in [0.05, 0.1) is 5.56 Å². The Morgan fingerprint density at radius 1 is 1.04 bits per heavy atom. The summed E-state index contributed by atoms with van der Waals surface area (Å²) in [6.07, 6.45) is 0. The average molecular weight is 355 g/mol. The lowest BCUT2D eigenvalue weighted by atomic mass is 10.1. The third-order valence-electron chi connectivity index (χ3n) is 4.31. The van der Waals surface area contributed by atoms with Gasteiger partial charge in [0, 0.05) is 31.9 Å². The Morgan fingerprint density at radius 2 is 1.69 bits per heavy atom. The second-order valence-electron chi connectivity index (χ2n) is 6.65. The summed E-state index contributed by atoms with van der Waals surface area (Å²) in [5, 5.41) is 3.02. The maximum absolute atomic E-state index is 12.6. The van der Waals surface area contributed by atoms with Gasteiger partial charge < -0.3 is 19.9 Å². The number of benzene rings is 2. The van der Waals surface area contributed by atoms with E-state index in [4.69, 9.17) is 4.74 Å². The fourth-order valence-electron chi connectivity index (χ4n) is 2.51. The number of ether oxygens (including phenoxy) is 1. The summed E-state index contributed by atoms with van der Waals surface area (Å²) >= 11 is 0. The van der Waals surface area contributed by atoms with E-state index in [1.165, 1.54) is 0 Å². The van der Waals surface area contributed by atoms with E-state index < -0.39 is 0 Å². The minimum absolute atomic E-state index is 0.112. The topological polar surface area (TPSA) is 44.8 Å². The van der Waals surface area contributed by atoms with Gasteiger partial charge >= 0.3 is 0 Å². The van der Waals surface area contributed by atoms with E-state index in [0.717, 1.165) is 12.2 Å². The summed E-state index contributed by atoms with van der Waals surface area (Å²) in [6, 6.07) is 17.7. The molecule has 0 heterocycles. The van der Waals surface area contributed by atoms with Crippen LogP contribution in [0.25, 0.3) is 0 Å². The van der Waals surface area contributed by atoms with Crippen molar-refractivity contribution in [3.8, 4) is 5.75 Å². The van der Waals surface area contributed by atoms with E-state index >= 15 is 0 Å². The lowest BCUT2D eigenvalue weighted by Gasteiger charge is -2.27. The molecule has 1 unspecified atom stereocenters. The summed E-state index contributed by atoms with van der Waals surface area (Å²) in [6.45, 7) is 3.99. The zero-order valence-electron chi connectivity index (χ0n) is 16.1. The first kappa shape index (κ1) is 19.8. The number of carbonyl (C=O) groups is 1. The van der Waals surface area contributed by atoms with Crippen molar-refractivity contribution < 1.29 is 9.53 Å². The fourth-order valence-corrected chi connectivity index (χ4v) is 2.51. The molecule has 1 atom stereocenters. The minimum atomic E-state index is -0.112. The Bertz CT molecular complexity index is 689. The van der Waals surface area contributed by atoms with Crippen molar-refractivity contribution in [2.24, 2.45) is 0 Å². The molecule has 2 aromatic rings. The summed E-state index contributed by atoms with van der Waals surface area (Å²) in [5.74, 6) is 0.509. The molecule has 0 aliphatic heterocycles. The van der Waals surface area contributed by atoms with E-state index in [2.05, 4.69) is 29.3 Å². The quantitative estimate of drug-likeness (QED) is 0.751. The van der Waals surface area contributed by atoms with E-state index in [9.17, 15) is 4.79 Å². The van der Waals surface area contributed by atoms with Crippen LogP contribution < -0.4 is 15.0 Å². The zero-order valence-corrected chi connectivity index (χ0v) is 16.1. The van der Waals surface area contributed by atoms with Gasteiger partial charge in [-0.3, -0.25) is 4.79 Å². The number of rotatable bonds is 9. The fraction of sp³-hybridized carbons (Fsp3) is 0.381. The first-order valence-electron chi connectivity index (χ1n) is 8.91. The van der Waals surface area contributed by atoms with Crippen LogP contribution in [-0.4, -0.2) is 57.7 Å². The highest BCUT2D eigenvalue weighted by molar-refractivity contribution is 5.96. The monoisotopic (exact) mass is 355 g/mol. The van der Waals surface area contributed by atoms with Gasteiger partial charge in [-0.1, -0.05) is 30.3 Å². The first-order chi connectivity index (χ1) is 12.5. The molecule has 1 amide bonds. The summed E-state index contributed by atoms with van der Waals surface area (Å²) in [7, 11) is 6.02. The van der Waals surface area contributed by atoms with Crippen LogP contribution in [0.1, 0.15) is 17.3 Å². The molecule has 2 aromatic carbocycles. The van der Waals surface area contributed by atoms with Crippen LogP contribution >= 0.6 is 0 Å². The molecule has 5 heteroatoms. The van der Waals surface area contributed by atoms with E-state index in [1.807, 2.05) is 62.4 Å². The molecule has 0 fully saturated rings. The highest BCUT2D eigenvalue weighted by atomic mass is 16.5. The van der Waals surface area contributed by atoms with Crippen LogP contribution in [0.2, 0.25) is 0 Å². The number of hydrogen-bond acceptors (Lipinski definition) is 4. The lowest BCUT2D eigenvalue weighted by Crippen LogP contribution is -2.40. The SMILES string of the molecule is CC(CNC(=O)c1ccccc1OCCN(C)C)N(C)c1ccccc1. The van der Waals surface area contributed by atoms with Crippen LogP contribution in [-0.2, 0) is 0 Å². The third-order valence-corrected chi connectivity index (χ3v) is 4.31. The van der Waals surface area contributed by atoms with E-state index in [1.54, 1.807) is 6.07 Å². The summed E-state index contributed by atoms with van der Waals surface area (Å²) < 4.78 is 5.78. The Balaban J connectivity index is 1.93. The number of para-hydroxylation sites is 2. The third kappa shape index (κ3) is 5.77. The molecule has 0 spiro atoms. The largest absolute Gasteiger partial charge is 0.491 e. The molecular weight excluding hydrogens is 326 g/mol. The van der Waals surface area contributed by atoms with Crippen molar-refractivity contribution in [1.82, 2.24) is 10.2 Å². The van der Waals surface area contributed by atoms with Gasteiger partial charge in [-0.05, 0) is 45.3 Å². The van der Waals surface area contributed by atoms with Gasteiger partial charge in [-0.25, -0.2) is 0 Å². The molecule has 2 rings (SSSR count). The van der Waals surface area contributed by atoms with E-state index in [0.29, 0.717) is 24.5 Å². The van der Waals surface area contributed by atoms with Crippen LogP contribution in [0.4, 0.5) is 5.69 Å². The van der Waals surface area contributed by atoms with E-state index in [-0.39, 0.29) is 11.9 Å². The molecule has 1 N–H and O–H groups in total. The Kier molecular flexibility index (Phi) is 7.48. The smallest absolute Gasteiger partial charge is 0.255 e. The summed E-state index contributed by atoms with van der Waals surface area (Å²) in [5.41, 5.74) is 1.70. The number of nitrogens with zero attached hydrogens (tertiary/aromatic N) is 2. The van der Waals surface area contributed by atoms with Gasteiger partial charge in [-0.2, -0.15) is 0 Å². The minimum Gasteiger partial charge on any atom is -0.491 e. The molecule has 0 saturated heterocycles. The first-order valence-corrected chi connectivity index (χ1v) is 8.91. The van der Waals surface area contributed by atoms with Crippen molar-refractivity contribution >= 4 is 11.6 Å². The molecular formula is C21H29N3O2. The maximum Gasteiger partial charge on any atom is 0.255 e. The second kappa shape index (κ2) is 9.82. The average Bonchev–Trinajstić information content (AvgIpc) is 2.66. The molecule has 0 aliphatic rings. The van der Waals surface area contributed by atoms with Gasteiger partial charge in [-0.15, -0.1) is 0 Å². The zero-order chi connectivity index (χ0) is 18.9. The summed E-state index contributed by atoms with van der Waals surface area (Å²) in [4.78, 5) is 16.8. The number of hydrogen-bond donors (Lipinski definition) is 1. The number of likely N-dealkylation sites (N-methyl/N-ethyl adjacent to an activating group) is 2. The van der Waals surface area contributed by atoms with Gasteiger partial charge in [0.25, 0.3) is 5.91 Å². The highest BCUT2D eigenvalue weighted by Crippen LogP contribution is 2.18. The van der Waals surface area contributed by atoms with Crippen molar-refractivity contribution in [1.29, 1.82) is 0 Å².